The number of benzene rings is 1. The SMILES string of the molecule is CC(C)(C)C(=O)Nc1cccc(-c2ccc(C(=O)O)cc2)n1. The van der Waals surface area contributed by atoms with Crippen LogP contribution in [0.2, 0.25) is 0 Å². The maximum Gasteiger partial charge on any atom is 0.335 e. The Balaban J connectivity index is 2.24. The fourth-order valence-electron chi connectivity index (χ4n) is 1.75. The minimum atomic E-state index is -0.967. The summed E-state index contributed by atoms with van der Waals surface area (Å²) >= 11 is 0. The first-order valence-corrected chi connectivity index (χ1v) is 6.89. The molecule has 0 bridgehead atoms. The van der Waals surface area contributed by atoms with Crippen molar-refractivity contribution >= 4 is 17.7 Å². The second-order valence-electron chi connectivity index (χ2n) is 5.99. The lowest BCUT2D eigenvalue weighted by Gasteiger charge is -2.17. The van der Waals surface area contributed by atoms with Gasteiger partial charge in [-0.05, 0) is 24.3 Å². The fraction of sp³-hybridized carbons (Fsp3) is 0.235. The van der Waals surface area contributed by atoms with Crippen molar-refractivity contribution in [3.8, 4) is 11.3 Å². The number of carbonyl (C=O) groups is 2. The van der Waals surface area contributed by atoms with E-state index in [-0.39, 0.29) is 11.5 Å². The van der Waals surface area contributed by atoms with Crippen molar-refractivity contribution in [2.75, 3.05) is 5.32 Å². The highest BCUT2D eigenvalue weighted by molar-refractivity contribution is 5.94. The monoisotopic (exact) mass is 298 g/mol. The van der Waals surface area contributed by atoms with E-state index in [1.165, 1.54) is 12.1 Å². The average Bonchev–Trinajstić information content (AvgIpc) is 2.46. The molecule has 0 aliphatic carbocycles. The molecule has 0 aliphatic rings. The number of rotatable bonds is 3. The number of pyridine rings is 1. The first kappa shape index (κ1) is 15.7. The Hall–Kier alpha value is -2.69. The molecular formula is C17H18N2O3. The van der Waals surface area contributed by atoms with Gasteiger partial charge in [-0.3, -0.25) is 4.79 Å². The van der Waals surface area contributed by atoms with Crippen LogP contribution in [0, 0.1) is 5.41 Å². The highest BCUT2D eigenvalue weighted by Gasteiger charge is 2.21. The molecule has 5 nitrogen and oxygen atoms in total. The summed E-state index contributed by atoms with van der Waals surface area (Å²) < 4.78 is 0. The number of carboxylic acid groups (broad SMARTS) is 1. The zero-order chi connectivity index (χ0) is 16.3. The van der Waals surface area contributed by atoms with Crippen molar-refractivity contribution < 1.29 is 14.7 Å². The summed E-state index contributed by atoms with van der Waals surface area (Å²) in [5, 5.41) is 11.7. The van der Waals surface area contributed by atoms with Gasteiger partial charge < -0.3 is 10.4 Å². The van der Waals surface area contributed by atoms with Gasteiger partial charge in [-0.1, -0.05) is 39.0 Å². The molecule has 1 aromatic heterocycles. The first-order valence-electron chi connectivity index (χ1n) is 6.89. The molecule has 0 aliphatic heterocycles. The van der Waals surface area contributed by atoms with Gasteiger partial charge in [0.25, 0.3) is 0 Å². The number of hydrogen-bond acceptors (Lipinski definition) is 3. The molecule has 1 amide bonds. The summed E-state index contributed by atoms with van der Waals surface area (Å²) in [6.45, 7) is 5.49. The second kappa shape index (κ2) is 5.97. The van der Waals surface area contributed by atoms with E-state index in [0.717, 1.165) is 5.56 Å². The van der Waals surface area contributed by atoms with Gasteiger partial charge in [0, 0.05) is 11.0 Å². The van der Waals surface area contributed by atoms with Crippen LogP contribution in [0.3, 0.4) is 0 Å². The molecular weight excluding hydrogens is 280 g/mol. The molecule has 2 aromatic rings. The van der Waals surface area contributed by atoms with Crippen molar-refractivity contribution in [1.82, 2.24) is 4.98 Å². The van der Waals surface area contributed by atoms with E-state index >= 15 is 0 Å². The summed E-state index contributed by atoms with van der Waals surface area (Å²) in [4.78, 5) is 27.2. The molecule has 0 atom stereocenters. The molecule has 2 N–H and O–H groups in total. The number of carbonyl (C=O) groups excluding carboxylic acids is 1. The summed E-state index contributed by atoms with van der Waals surface area (Å²) in [7, 11) is 0. The van der Waals surface area contributed by atoms with Crippen LogP contribution < -0.4 is 5.32 Å². The molecule has 2 rings (SSSR count). The normalized spacial score (nSPS) is 11.0. The number of anilines is 1. The van der Waals surface area contributed by atoms with Gasteiger partial charge in [-0.2, -0.15) is 0 Å². The van der Waals surface area contributed by atoms with E-state index in [9.17, 15) is 9.59 Å². The number of nitrogens with one attached hydrogen (secondary N) is 1. The van der Waals surface area contributed by atoms with E-state index in [1.807, 2.05) is 26.8 Å². The molecule has 22 heavy (non-hydrogen) atoms. The predicted molar refractivity (Wildman–Crippen MR) is 84.7 cm³/mol. The quantitative estimate of drug-likeness (QED) is 0.909. The van der Waals surface area contributed by atoms with Gasteiger partial charge in [0.1, 0.15) is 5.82 Å². The Morgan fingerprint density at radius 1 is 1.05 bits per heavy atom. The molecule has 0 saturated carbocycles. The van der Waals surface area contributed by atoms with Crippen LogP contribution >= 0.6 is 0 Å². The molecule has 0 saturated heterocycles. The number of aromatic carboxylic acids is 1. The Bertz CT molecular complexity index is 701. The lowest BCUT2D eigenvalue weighted by atomic mass is 9.96. The van der Waals surface area contributed by atoms with Crippen molar-refractivity contribution in [3.63, 3.8) is 0 Å². The molecule has 5 heteroatoms. The largest absolute Gasteiger partial charge is 0.478 e. The van der Waals surface area contributed by atoms with Crippen LogP contribution in [0.1, 0.15) is 31.1 Å². The van der Waals surface area contributed by atoms with E-state index in [4.69, 9.17) is 5.11 Å². The summed E-state index contributed by atoms with van der Waals surface area (Å²) in [5.74, 6) is -0.608. The zero-order valence-corrected chi connectivity index (χ0v) is 12.8. The van der Waals surface area contributed by atoms with Gasteiger partial charge in [0.05, 0.1) is 11.3 Å². The summed E-state index contributed by atoms with van der Waals surface area (Å²) in [5.41, 5.74) is 1.18. The molecule has 0 radical (unpaired) electrons. The Kier molecular flexibility index (Phi) is 4.26. The van der Waals surface area contributed by atoms with E-state index in [2.05, 4.69) is 10.3 Å². The number of aromatic nitrogens is 1. The van der Waals surface area contributed by atoms with Gasteiger partial charge in [0.15, 0.2) is 0 Å². The molecule has 114 valence electrons. The van der Waals surface area contributed by atoms with Gasteiger partial charge in [-0.25, -0.2) is 9.78 Å². The standard InChI is InChI=1S/C17H18N2O3/c1-17(2,3)16(22)19-14-6-4-5-13(18-14)11-7-9-12(10-8-11)15(20)21/h4-10H,1-3H3,(H,20,21)(H,18,19,22). The van der Waals surface area contributed by atoms with Crippen molar-refractivity contribution in [3.05, 3.63) is 48.0 Å². The van der Waals surface area contributed by atoms with Crippen LogP contribution in [0.15, 0.2) is 42.5 Å². The second-order valence-corrected chi connectivity index (χ2v) is 5.99. The summed E-state index contributed by atoms with van der Waals surface area (Å²) in [6.07, 6.45) is 0. The lowest BCUT2D eigenvalue weighted by Crippen LogP contribution is -2.28. The van der Waals surface area contributed by atoms with E-state index < -0.39 is 11.4 Å². The van der Waals surface area contributed by atoms with Gasteiger partial charge in [-0.15, -0.1) is 0 Å². The van der Waals surface area contributed by atoms with Crippen LogP contribution in [0.5, 0.6) is 0 Å². The number of hydrogen-bond donors (Lipinski definition) is 2. The Labute approximate surface area is 129 Å². The minimum Gasteiger partial charge on any atom is -0.478 e. The molecule has 1 heterocycles. The predicted octanol–water partition coefficient (Wildman–Crippen LogP) is 3.43. The zero-order valence-electron chi connectivity index (χ0n) is 12.8. The van der Waals surface area contributed by atoms with Crippen molar-refractivity contribution in [2.45, 2.75) is 20.8 Å². The third-order valence-corrected chi connectivity index (χ3v) is 3.10. The van der Waals surface area contributed by atoms with Crippen LogP contribution in [-0.4, -0.2) is 22.0 Å². The highest BCUT2D eigenvalue weighted by atomic mass is 16.4. The van der Waals surface area contributed by atoms with Crippen LogP contribution in [-0.2, 0) is 4.79 Å². The topological polar surface area (TPSA) is 79.3 Å². The fourth-order valence-corrected chi connectivity index (χ4v) is 1.75. The van der Waals surface area contributed by atoms with E-state index in [0.29, 0.717) is 11.5 Å². The molecule has 0 spiro atoms. The highest BCUT2D eigenvalue weighted by Crippen LogP contribution is 2.21. The van der Waals surface area contributed by atoms with Gasteiger partial charge >= 0.3 is 5.97 Å². The Morgan fingerprint density at radius 3 is 2.23 bits per heavy atom. The van der Waals surface area contributed by atoms with Crippen LogP contribution in [0.4, 0.5) is 5.82 Å². The minimum absolute atomic E-state index is 0.113. The number of nitrogens with zero attached hydrogens (tertiary/aromatic N) is 1. The first-order chi connectivity index (χ1) is 10.3. The smallest absolute Gasteiger partial charge is 0.335 e. The molecule has 0 unspecified atom stereocenters. The van der Waals surface area contributed by atoms with Crippen molar-refractivity contribution in [1.29, 1.82) is 0 Å². The maximum atomic E-state index is 12.0. The number of carboxylic acids is 1. The Morgan fingerprint density at radius 2 is 1.68 bits per heavy atom. The van der Waals surface area contributed by atoms with Crippen molar-refractivity contribution in [2.24, 2.45) is 5.41 Å². The van der Waals surface area contributed by atoms with Gasteiger partial charge in [0.2, 0.25) is 5.91 Å². The molecule has 0 fully saturated rings. The van der Waals surface area contributed by atoms with Crippen LogP contribution in [0.25, 0.3) is 11.3 Å². The summed E-state index contributed by atoms with van der Waals surface area (Å²) in [6, 6.07) is 11.8. The number of amides is 1. The van der Waals surface area contributed by atoms with E-state index in [1.54, 1.807) is 24.3 Å². The third kappa shape index (κ3) is 3.69. The molecule has 1 aromatic carbocycles. The third-order valence-electron chi connectivity index (χ3n) is 3.10. The maximum absolute atomic E-state index is 12.0. The average molecular weight is 298 g/mol. The lowest BCUT2D eigenvalue weighted by molar-refractivity contribution is -0.123.